The first-order valence-corrected chi connectivity index (χ1v) is 3.52. The summed E-state index contributed by atoms with van der Waals surface area (Å²) in [7, 11) is 1.12. The Kier molecular flexibility index (Phi) is 2.92. The lowest BCUT2D eigenvalue weighted by molar-refractivity contribution is 0.144. The standard InChI is InChI=1S/C8H5F3N2O/c1-14-8-4(3-12)5(9)2-6(13-8)7(10)11/h2,7H,1H3. The number of alkyl halides is 2. The van der Waals surface area contributed by atoms with Crippen molar-refractivity contribution in [1.82, 2.24) is 4.98 Å². The average molecular weight is 202 g/mol. The van der Waals surface area contributed by atoms with Crippen LogP contribution in [0.1, 0.15) is 17.7 Å². The summed E-state index contributed by atoms with van der Waals surface area (Å²) < 4.78 is 41.7. The Balaban J connectivity index is 3.33. The van der Waals surface area contributed by atoms with E-state index in [1.54, 1.807) is 0 Å². The minimum atomic E-state index is -2.90. The molecule has 3 nitrogen and oxygen atoms in total. The van der Waals surface area contributed by atoms with Gasteiger partial charge in [0.15, 0.2) is 0 Å². The van der Waals surface area contributed by atoms with E-state index < -0.39 is 29.4 Å². The highest BCUT2D eigenvalue weighted by Crippen LogP contribution is 2.24. The van der Waals surface area contributed by atoms with Gasteiger partial charge in [0.05, 0.1) is 7.11 Å². The van der Waals surface area contributed by atoms with Gasteiger partial charge in [-0.2, -0.15) is 5.26 Å². The zero-order valence-electron chi connectivity index (χ0n) is 7.09. The molecule has 0 aromatic carbocycles. The third-order valence-corrected chi connectivity index (χ3v) is 1.49. The van der Waals surface area contributed by atoms with Crippen LogP contribution in [0.4, 0.5) is 13.2 Å². The first-order chi connectivity index (χ1) is 6.60. The summed E-state index contributed by atoms with van der Waals surface area (Å²) >= 11 is 0. The van der Waals surface area contributed by atoms with Crippen molar-refractivity contribution in [2.75, 3.05) is 7.11 Å². The molecule has 0 radical (unpaired) electrons. The van der Waals surface area contributed by atoms with Crippen LogP contribution in [-0.2, 0) is 0 Å². The molecule has 1 aromatic rings. The van der Waals surface area contributed by atoms with Gasteiger partial charge in [-0.15, -0.1) is 0 Å². The van der Waals surface area contributed by atoms with E-state index in [9.17, 15) is 13.2 Å². The maximum atomic E-state index is 13.0. The van der Waals surface area contributed by atoms with Gasteiger partial charge in [-0.1, -0.05) is 0 Å². The Morgan fingerprint density at radius 1 is 1.57 bits per heavy atom. The van der Waals surface area contributed by atoms with E-state index in [0.29, 0.717) is 6.07 Å². The second-order valence-electron chi connectivity index (χ2n) is 2.33. The molecule has 1 rings (SSSR count). The Bertz CT molecular complexity index is 387. The molecule has 74 valence electrons. The molecule has 0 saturated carbocycles. The lowest BCUT2D eigenvalue weighted by Crippen LogP contribution is -2.00. The summed E-state index contributed by atoms with van der Waals surface area (Å²) in [6.45, 7) is 0. The summed E-state index contributed by atoms with van der Waals surface area (Å²) in [4.78, 5) is 3.29. The number of methoxy groups -OCH3 is 1. The zero-order valence-corrected chi connectivity index (χ0v) is 7.09. The number of nitrogens with zero attached hydrogens (tertiary/aromatic N) is 2. The number of hydrogen-bond acceptors (Lipinski definition) is 3. The fraction of sp³-hybridized carbons (Fsp3) is 0.250. The van der Waals surface area contributed by atoms with Crippen molar-refractivity contribution in [2.45, 2.75) is 6.43 Å². The van der Waals surface area contributed by atoms with Gasteiger partial charge in [-0.05, 0) is 0 Å². The molecule has 0 aliphatic heterocycles. The minimum absolute atomic E-state index is 0.428. The molecule has 0 unspecified atom stereocenters. The molecular formula is C8H5F3N2O. The predicted octanol–water partition coefficient (Wildman–Crippen LogP) is 2.04. The number of ether oxygens (including phenoxy) is 1. The van der Waals surface area contributed by atoms with Crippen molar-refractivity contribution in [2.24, 2.45) is 0 Å². The Labute approximate surface area is 77.7 Å². The molecule has 1 aromatic heterocycles. The predicted molar refractivity (Wildman–Crippen MR) is 40.4 cm³/mol. The third-order valence-electron chi connectivity index (χ3n) is 1.49. The average Bonchev–Trinajstić information content (AvgIpc) is 2.16. The molecule has 0 N–H and O–H groups in total. The lowest BCUT2D eigenvalue weighted by Gasteiger charge is -2.05. The van der Waals surface area contributed by atoms with E-state index in [-0.39, 0.29) is 0 Å². The molecule has 0 bridgehead atoms. The lowest BCUT2D eigenvalue weighted by atomic mass is 10.2. The van der Waals surface area contributed by atoms with E-state index in [2.05, 4.69) is 9.72 Å². The quantitative estimate of drug-likeness (QED) is 0.737. The molecule has 14 heavy (non-hydrogen) atoms. The highest BCUT2D eigenvalue weighted by molar-refractivity contribution is 5.40. The Morgan fingerprint density at radius 3 is 2.64 bits per heavy atom. The smallest absolute Gasteiger partial charge is 0.280 e. The van der Waals surface area contributed by atoms with Crippen molar-refractivity contribution in [3.05, 3.63) is 23.1 Å². The first kappa shape index (κ1) is 10.3. The summed E-state index contributed by atoms with van der Waals surface area (Å²) in [6.07, 6.45) is -2.90. The topological polar surface area (TPSA) is 45.9 Å². The van der Waals surface area contributed by atoms with E-state index >= 15 is 0 Å². The molecule has 0 saturated heterocycles. The number of nitriles is 1. The number of halogens is 3. The SMILES string of the molecule is COc1nc(C(F)F)cc(F)c1C#N. The molecule has 0 amide bonds. The highest BCUT2D eigenvalue weighted by Gasteiger charge is 2.17. The van der Waals surface area contributed by atoms with Gasteiger partial charge in [0, 0.05) is 6.07 Å². The second kappa shape index (κ2) is 3.96. The van der Waals surface area contributed by atoms with Crippen LogP contribution in [-0.4, -0.2) is 12.1 Å². The summed E-state index contributed by atoms with van der Waals surface area (Å²) in [5.74, 6) is -1.49. The molecule has 6 heteroatoms. The summed E-state index contributed by atoms with van der Waals surface area (Å²) in [5.41, 5.74) is -1.23. The second-order valence-corrected chi connectivity index (χ2v) is 2.33. The molecule has 0 spiro atoms. The van der Waals surface area contributed by atoms with Gasteiger partial charge >= 0.3 is 0 Å². The van der Waals surface area contributed by atoms with Gasteiger partial charge < -0.3 is 4.74 Å². The number of hydrogen-bond donors (Lipinski definition) is 0. The first-order valence-electron chi connectivity index (χ1n) is 3.52. The van der Waals surface area contributed by atoms with Crippen LogP contribution >= 0.6 is 0 Å². The number of rotatable bonds is 2. The fourth-order valence-electron chi connectivity index (χ4n) is 0.870. The normalized spacial score (nSPS) is 10.0. The van der Waals surface area contributed by atoms with Crippen molar-refractivity contribution in [3.63, 3.8) is 0 Å². The van der Waals surface area contributed by atoms with Crippen molar-refractivity contribution in [3.8, 4) is 11.9 Å². The monoisotopic (exact) mass is 202 g/mol. The molecule has 0 aliphatic rings. The maximum absolute atomic E-state index is 13.0. The van der Waals surface area contributed by atoms with Crippen LogP contribution in [0.3, 0.4) is 0 Å². The van der Waals surface area contributed by atoms with Crippen molar-refractivity contribution in [1.29, 1.82) is 5.26 Å². The zero-order chi connectivity index (χ0) is 10.7. The van der Waals surface area contributed by atoms with Gasteiger partial charge in [0.1, 0.15) is 23.1 Å². The van der Waals surface area contributed by atoms with Crippen molar-refractivity contribution < 1.29 is 17.9 Å². The van der Waals surface area contributed by atoms with Gasteiger partial charge in [-0.25, -0.2) is 18.2 Å². The maximum Gasteiger partial charge on any atom is 0.280 e. The van der Waals surface area contributed by atoms with E-state index in [1.165, 1.54) is 6.07 Å². The summed E-state index contributed by atoms with van der Waals surface area (Å²) in [5, 5.41) is 8.46. The van der Waals surface area contributed by atoms with Crippen LogP contribution in [0.2, 0.25) is 0 Å². The van der Waals surface area contributed by atoms with Crippen LogP contribution in [0.25, 0.3) is 0 Å². The number of aromatic nitrogens is 1. The van der Waals surface area contributed by atoms with Crippen LogP contribution < -0.4 is 4.74 Å². The van der Waals surface area contributed by atoms with Gasteiger partial charge in [0.25, 0.3) is 6.43 Å². The fourth-order valence-corrected chi connectivity index (χ4v) is 0.870. The minimum Gasteiger partial charge on any atom is -0.480 e. The molecular weight excluding hydrogens is 197 g/mol. The van der Waals surface area contributed by atoms with E-state index in [1.807, 2.05) is 0 Å². The van der Waals surface area contributed by atoms with Crippen LogP contribution in [0.5, 0.6) is 5.88 Å². The van der Waals surface area contributed by atoms with Crippen molar-refractivity contribution >= 4 is 0 Å². The highest BCUT2D eigenvalue weighted by atomic mass is 19.3. The van der Waals surface area contributed by atoms with E-state index in [4.69, 9.17) is 5.26 Å². The number of pyridine rings is 1. The summed E-state index contributed by atoms with van der Waals surface area (Å²) in [6, 6.07) is 1.99. The Hall–Kier alpha value is -1.77. The molecule has 0 atom stereocenters. The largest absolute Gasteiger partial charge is 0.480 e. The van der Waals surface area contributed by atoms with Crippen LogP contribution in [0, 0.1) is 17.1 Å². The molecule has 1 heterocycles. The van der Waals surface area contributed by atoms with Crippen LogP contribution in [0.15, 0.2) is 6.07 Å². The third kappa shape index (κ3) is 1.76. The molecule has 0 fully saturated rings. The Morgan fingerprint density at radius 2 is 2.21 bits per heavy atom. The van der Waals surface area contributed by atoms with Gasteiger partial charge in [0.2, 0.25) is 5.88 Å². The van der Waals surface area contributed by atoms with E-state index in [0.717, 1.165) is 7.11 Å². The van der Waals surface area contributed by atoms with Gasteiger partial charge in [-0.3, -0.25) is 0 Å². The molecule has 0 aliphatic carbocycles.